The van der Waals surface area contributed by atoms with Crippen LogP contribution in [-0.4, -0.2) is 37.8 Å². The van der Waals surface area contributed by atoms with E-state index in [1.165, 1.54) is 0 Å². The summed E-state index contributed by atoms with van der Waals surface area (Å²) in [4.78, 5) is 2.16. The summed E-state index contributed by atoms with van der Waals surface area (Å²) in [5, 5.41) is 9.67. The molecule has 0 aromatic heterocycles. The maximum absolute atomic E-state index is 9.67. The topological polar surface area (TPSA) is 32.7 Å². The molecule has 2 atom stereocenters. The fourth-order valence-electron chi connectivity index (χ4n) is 2.76. The van der Waals surface area contributed by atoms with Crippen molar-refractivity contribution in [1.82, 2.24) is 4.90 Å². The number of benzene rings is 1. The Bertz CT molecular complexity index is 373. The van der Waals surface area contributed by atoms with Gasteiger partial charge in [-0.3, -0.25) is 0 Å². The summed E-state index contributed by atoms with van der Waals surface area (Å²) in [5.41, 5.74) is 0.699. The minimum atomic E-state index is -0.344. The van der Waals surface area contributed by atoms with E-state index < -0.39 is 0 Å². The molecule has 1 aromatic carbocycles. The van der Waals surface area contributed by atoms with Gasteiger partial charge >= 0.3 is 0 Å². The predicted molar refractivity (Wildman–Crippen MR) is 74.8 cm³/mol. The Morgan fingerprint density at radius 2 is 2.06 bits per heavy atom. The van der Waals surface area contributed by atoms with E-state index in [1.807, 2.05) is 12.1 Å². The summed E-state index contributed by atoms with van der Waals surface area (Å²) in [7, 11) is 5.88. The van der Waals surface area contributed by atoms with Crippen molar-refractivity contribution in [2.75, 3.05) is 27.7 Å². The molecule has 0 fully saturated rings. The molecule has 3 heteroatoms. The van der Waals surface area contributed by atoms with Gasteiger partial charge in [-0.25, -0.2) is 0 Å². The molecule has 0 bridgehead atoms. The summed E-state index contributed by atoms with van der Waals surface area (Å²) < 4.78 is 5.85. The van der Waals surface area contributed by atoms with Crippen molar-refractivity contribution in [3.8, 4) is 5.75 Å². The Hall–Kier alpha value is -1.06. The monoisotopic (exact) mass is 251 g/mol. The smallest absolute Gasteiger partial charge is 0.115 e. The Kier molecular flexibility index (Phi) is 5.17. The lowest BCUT2D eigenvalue weighted by molar-refractivity contribution is -0.0683. The standard InChI is InChI=1S/C15H25NO2/c1-6-15(18-5,12(2)11-16(3)4)13-8-7-9-14(17)10-13/h7-10,12,17H,6,11H2,1-5H3. The third-order valence-corrected chi connectivity index (χ3v) is 3.66. The van der Waals surface area contributed by atoms with E-state index in [0.717, 1.165) is 18.5 Å². The van der Waals surface area contributed by atoms with Crippen LogP contribution in [0.5, 0.6) is 5.75 Å². The van der Waals surface area contributed by atoms with Gasteiger partial charge in [-0.05, 0) is 38.2 Å². The molecule has 0 spiro atoms. The van der Waals surface area contributed by atoms with Crippen molar-refractivity contribution in [2.45, 2.75) is 25.9 Å². The first kappa shape index (κ1) is 15.0. The van der Waals surface area contributed by atoms with Crippen LogP contribution in [0.4, 0.5) is 0 Å². The van der Waals surface area contributed by atoms with Crippen molar-refractivity contribution in [2.24, 2.45) is 5.92 Å². The highest BCUT2D eigenvalue weighted by Crippen LogP contribution is 2.38. The zero-order valence-electron chi connectivity index (χ0n) is 12.1. The largest absolute Gasteiger partial charge is 0.508 e. The van der Waals surface area contributed by atoms with E-state index in [4.69, 9.17) is 4.74 Å². The molecular weight excluding hydrogens is 226 g/mol. The molecule has 1 N–H and O–H groups in total. The number of hydrogen-bond acceptors (Lipinski definition) is 3. The molecular formula is C15H25NO2. The van der Waals surface area contributed by atoms with E-state index in [-0.39, 0.29) is 5.60 Å². The van der Waals surface area contributed by atoms with E-state index in [0.29, 0.717) is 11.7 Å². The number of rotatable bonds is 6. The molecule has 1 rings (SSSR count). The molecule has 102 valence electrons. The number of ether oxygens (including phenoxy) is 1. The lowest BCUT2D eigenvalue weighted by atomic mass is 9.79. The Morgan fingerprint density at radius 1 is 1.39 bits per heavy atom. The molecule has 0 radical (unpaired) electrons. The molecule has 18 heavy (non-hydrogen) atoms. The van der Waals surface area contributed by atoms with E-state index in [2.05, 4.69) is 32.8 Å². The van der Waals surface area contributed by atoms with Gasteiger partial charge in [0.25, 0.3) is 0 Å². The first-order chi connectivity index (χ1) is 8.46. The molecule has 1 aromatic rings. The van der Waals surface area contributed by atoms with Crippen LogP contribution in [0.3, 0.4) is 0 Å². The second-order valence-electron chi connectivity index (χ2n) is 5.16. The molecule has 2 unspecified atom stereocenters. The fourth-order valence-corrected chi connectivity index (χ4v) is 2.76. The molecule has 0 aliphatic carbocycles. The quantitative estimate of drug-likeness (QED) is 0.844. The van der Waals surface area contributed by atoms with Gasteiger partial charge < -0.3 is 14.7 Å². The van der Waals surface area contributed by atoms with Gasteiger partial charge in [0, 0.05) is 19.6 Å². The molecule has 0 aliphatic rings. The number of methoxy groups -OCH3 is 1. The second-order valence-corrected chi connectivity index (χ2v) is 5.16. The van der Waals surface area contributed by atoms with Gasteiger partial charge in [0.2, 0.25) is 0 Å². The number of phenolic OH excluding ortho intramolecular Hbond substituents is 1. The van der Waals surface area contributed by atoms with Gasteiger partial charge in [-0.2, -0.15) is 0 Å². The molecule has 0 heterocycles. The van der Waals surface area contributed by atoms with Crippen LogP contribution in [0.25, 0.3) is 0 Å². The zero-order chi connectivity index (χ0) is 13.8. The summed E-state index contributed by atoms with van der Waals surface area (Å²) in [6, 6.07) is 7.39. The Balaban J connectivity index is 3.13. The van der Waals surface area contributed by atoms with Gasteiger partial charge in [-0.15, -0.1) is 0 Å². The second kappa shape index (κ2) is 6.21. The van der Waals surface area contributed by atoms with Crippen LogP contribution in [0.15, 0.2) is 24.3 Å². The molecule has 0 saturated heterocycles. The van der Waals surface area contributed by atoms with Crippen LogP contribution in [0.1, 0.15) is 25.8 Å². The summed E-state index contributed by atoms with van der Waals surface area (Å²) in [6.07, 6.45) is 0.877. The first-order valence-electron chi connectivity index (χ1n) is 6.45. The normalized spacial score (nSPS) is 16.6. The number of hydrogen-bond donors (Lipinski definition) is 1. The first-order valence-corrected chi connectivity index (χ1v) is 6.45. The summed E-state index contributed by atoms with van der Waals surface area (Å²) >= 11 is 0. The van der Waals surface area contributed by atoms with Gasteiger partial charge in [0.15, 0.2) is 0 Å². The van der Waals surface area contributed by atoms with Gasteiger partial charge in [-0.1, -0.05) is 26.0 Å². The fraction of sp³-hybridized carbons (Fsp3) is 0.600. The third kappa shape index (κ3) is 3.03. The highest BCUT2D eigenvalue weighted by molar-refractivity contribution is 5.32. The minimum Gasteiger partial charge on any atom is -0.508 e. The van der Waals surface area contributed by atoms with Crippen LogP contribution >= 0.6 is 0 Å². The molecule has 3 nitrogen and oxygen atoms in total. The third-order valence-electron chi connectivity index (χ3n) is 3.66. The SMILES string of the molecule is CCC(OC)(c1cccc(O)c1)C(C)CN(C)C. The van der Waals surface area contributed by atoms with Gasteiger partial charge in [0.1, 0.15) is 5.75 Å². The summed E-state index contributed by atoms with van der Waals surface area (Å²) in [5.74, 6) is 0.628. The summed E-state index contributed by atoms with van der Waals surface area (Å²) in [6.45, 7) is 5.26. The molecule has 0 saturated carbocycles. The maximum Gasteiger partial charge on any atom is 0.115 e. The lowest BCUT2D eigenvalue weighted by Gasteiger charge is -2.39. The van der Waals surface area contributed by atoms with E-state index in [9.17, 15) is 5.11 Å². The number of phenols is 1. The van der Waals surface area contributed by atoms with Crippen molar-refractivity contribution < 1.29 is 9.84 Å². The average Bonchev–Trinajstić information content (AvgIpc) is 2.30. The average molecular weight is 251 g/mol. The van der Waals surface area contributed by atoms with Crippen molar-refractivity contribution >= 4 is 0 Å². The van der Waals surface area contributed by atoms with Crippen LogP contribution < -0.4 is 0 Å². The van der Waals surface area contributed by atoms with Crippen molar-refractivity contribution in [3.05, 3.63) is 29.8 Å². The lowest BCUT2D eigenvalue weighted by Crippen LogP contribution is -2.40. The van der Waals surface area contributed by atoms with Crippen molar-refractivity contribution in [1.29, 1.82) is 0 Å². The van der Waals surface area contributed by atoms with E-state index in [1.54, 1.807) is 19.2 Å². The Labute approximate surface area is 110 Å². The minimum absolute atomic E-state index is 0.291. The molecule has 0 amide bonds. The Morgan fingerprint density at radius 3 is 2.50 bits per heavy atom. The number of aromatic hydroxyl groups is 1. The van der Waals surface area contributed by atoms with Crippen LogP contribution in [-0.2, 0) is 10.3 Å². The zero-order valence-corrected chi connectivity index (χ0v) is 12.1. The van der Waals surface area contributed by atoms with E-state index >= 15 is 0 Å². The number of nitrogens with zero attached hydrogens (tertiary/aromatic N) is 1. The van der Waals surface area contributed by atoms with Crippen molar-refractivity contribution in [3.63, 3.8) is 0 Å². The predicted octanol–water partition coefficient (Wildman–Crippen LogP) is 2.84. The van der Waals surface area contributed by atoms with Crippen LogP contribution in [0, 0.1) is 5.92 Å². The van der Waals surface area contributed by atoms with Crippen LogP contribution in [0.2, 0.25) is 0 Å². The highest BCUT2D eigenvalue weighted by Gasteiger charge is 2.36. The highest BCUT2D eigenvalue weighted by atomic mass is 16.5. The van der Waals surface area contributed by atoms with Gasteiger partial charge in [0.05, 0.1) is 5.60 Å². The molecule has 0 aliphatic heterocycles. The maximum atomic E-state index is 9.67.